The van der Waals surface area contributed by atoms with E-state index in [1.807, 2.05) is 24.3 Å². The van der Waals surface area contributed by atoms with Gasteiger partial charge in [-0.25, -0.2) is 4.39 Å². The summed E-state index contributed by atoms with van der Waals surface area (Å²) in [6.45, 7) is 4.17. The molecular formula is C21H19BrFN3OS. The van der Waals surface area contributed by atoms with Gasteiger partial charge in [-0.15, -0.1) is 0 Å². The van der Waals surface area contributed by atoms with Crippen molar-refractivity contribution in [2.75, 3.05) is 0 Å². The van der Waals surface area contributed by atoms with Crippen molar-refractivity contribution in [2.45, 2.75) is 32.0 Å². The fraction of sp³-hybridized carbons (Fsp3) is 0.238. The number of rotatable bonds is 4. The molecule has 2 atom stereocenters. The lowest BCUT2D eigenvalue weighted by atomic mass is 10.0. The molecule has 4 rings (SSSR count). The number of nitrogens with zero attached hydrogens (tertiary/aromatic N) is 2. The quantitative estimate of drug-likeness (QED) is 0.512. The van der Waals surface area contributed by atoms with Crippen molar-refractivity contribution >= 4 is 33.3 Å². The van der Waals surface area contributed by atoms with Crippen molar-refractivity contribution in [3.05, 3.63) is 76.5 Å². The molecule has 1 N–H and O–H groups in total. The van der Waals surface area contributed by atoms with Crippen LogP contribution in [-0.4, -0.2) is 21.0 Å². The number of hydrogen-bond donors (Lipinski definition) is 1. The van der Waals surface area contributed by atoms with E-state index in [2.05, 4.69) is 45.0 Å². The van der Waals surface area contributed by atoms with Gasteiger partial charge in [0.1, 0.15) is 23.4 Å². The van der Waals surface area contributed by atoms with Gasteiger partial charge in [-0.05, 0) is 68.5 Å². The fourth-order valence-corrected chi connectivity index (χ4v) is 4.36. The summed E-state index contributed by atoms with van der Waals surface area (Å²) >= 11 is 8.87. The molecule has 0 bridgehead atoms. The van der Waals surface area contributed by atoms with Crippen molar-refractivity contribution in [2.24, 2.45) is 0 Å². The second kappa shape index (κ2) is 7.64. The molecule has 1 aliphatic rings. The molecule has 3 aromatic rings. The summed E-state index contributed by atoms with van der Waals surface area (Å²) in [6, 6.07) is 14.3. The van der Waals surface area contributed by atoms with E-state index in [4.69, 9.17) is 16.6 Å². The molecule has 28 heavy (non-hydrogen) atoms. The van der Waals surface area contributed by atoms with Crippen LogP contribution >= 0.6 is 28.1 Å². The minimum atomic E-state index is -0.336. The number of hydrogen-bond acceptors (Lipinski definition) is 3. The van der Waals surface area contributed by atoms with E-state index in [9.17, 15) is 4.39 Å². The molecule has 0 amide bonds. The third-order valence-corrected chi connectivity index (χ3v) is 5.63. The van der Waals surface area contributed by atoms with Crippen LogP contribution in [0.5, 0.6) is 0 Å². The molecule has 3 heterocycles. The third-order valence-electron chi connectivity index (χ3n) is 4.81. The Bertz CT molecular complexity index is 1010. The van der Waals surface area contributed by atoms with E-state index in [1.165, 1.54) is 6.07 Å². The minimum absolute atomic E-state index is 0.148. The average molecular weight is 460 g/mol. The van der Waals surface area contributed by atoms with Crippen molar-refractivity contribution in [3.8, 4) is 11.3 Å². The summed E-state index contributed by atoms with van der Waals surface area (Å²) in [5.41, 5.74) is 1.30. The largest absolute Gasteiger partial charge is 0.459 e. The van der Waals surface area contributed by atoms with Gasteiger partial charge in [0, 0.05) is 16.7 Å². The van der Waals surface area contributed by atoms with Gasteiger partial charge in [-0.3, -0.25) is 4.98 Å². The van der Waals surface area contributed by atoms with Crippen LogP contribution in [0.2, 0.25) is 0 Å². The summed E-state index contributed by atoms with van der Waals surface area (Å²) < 4.78 is 21.2. The Morgan fingerprint density at radius 1 is 1.21 bits per heavy atom. The lowest BCUT2D eigenvalue weighted by Gasteiger charge is -2.29. The van der Waals surface area contributed by atoms with Crippen LogP contribution in [0.1, 0.15) is 37.4 Å². The van der Waals surface area contributed by atoms with E-state index in [1.54, 1.807) is 24.4 Å². The Morgan fingerprint density at radius 3 is 2.71 bits per heavy atom. The average Bonchev–Trinajstić information content (AvgIpc) is 3.26. The third kappa shape index (κ3) is 3.44. The highest BCUT2D eigenvalue weighted by atomic mass is 79.9. The highest BCUT2D eigenvalue weighted by Gasteiger charge is 2.42. The minimum Gasteiger partial charge on any atom is -0.459 e. The molecule has 144 valence electrons. The Kier molecular flexibility index (Phi) is 5.21. The summed E-state index contributed by atoms with van der Waals surface area (Å²) in [6.07, 6.45) is 1.76. The number of halogens is 2. The highest BCUT2D eigenvalue weighted by molar-refractivity contribution is 9.10. The molecule has 0 saturated carbocycles. The Balaban J connectivity index is 1.76. The molecule has 0 unspecified atom stereocenters. The number of aromatic nitrogens is 1. The SMILES string of the molecule is CC(C)N1C(=S)N[C@H](c2ccccn2)[C@@H]1c1ccc(-c2ccc(Br)cc2F)o1. The molecule has 0 spiro atoms. The van der Waals surface area contributed by atoms with Crippen molar-refractivity contribution in [1.29, 1.82) is 0 Å². The van der Waals surface area contributed by atoms with Crippen LogP contribution in [0.15, 0.2) is 63.6 Å². The summed E-state index contributed by atoms with van der Waals surface area (Å²) in [5.74, 6) is 0.868. The first kappa shape index (κ1) is 19.1. The smallest absolute Gasteiger partial charge is 0.170 e. The van der Waals surface area contributed by atoms with Crippen LogP contribution in [0.4, 0.5) is 4.39 Å². The molecule has 4 nitrogen and oxygen atoms in total. The Morgan fingerprint density at radius 2 is 2.04 bits per heavy atom. The van der Waals surface area contributed by atoms with Gasteiger partial charge in [0.15, 0.2) is 5.11 Å². The van der Waals surface area contributed by atoms with E-state index >= 15 is 0 Å². The number of pyridine rings is 1. The van der Waals surface area contributed by atoms with Gasteiger partial charge in [0.25, 0.3) is 0 Å². The van der Waals surface area contributed by atoms with Gasteiger partial charge >= 0.3 is 0 Å². The van der Waals surface area contributed by atoms with Gasteiger partial charge in [0.05, 0.1) is 17.3 Å². The molecular weight excluding hydrogens is 441 g/mol. The molecule has 1 fully saturated rings. The van der Waals surface area contributed by atoms with E-state index < -0.39 is 0 Å². The normalized spacial score (nSPS) is 19.3. The maximum Gasteiger partial charge on any atom is 0.170 e. The molecule has 0 aliphatic carbocycles. The van der Waals surface area contributed by atoms with Crippen LogP contribution in [0, 0.1) is 5.82 Å². The second-order valence-electron chi connectivity index (χ2n) is 6.95. The van der Waals surface area contributed by atoms with Crippen molar-refractivity contribution in [3.63, 3.8) is 0 Å². The monoisotopic (exact) mass is 459 g/mol. The van der Waals surface area contributed by atoms with Crippen molar-refractivity contribution in [1.82, 2.24) is 15.2 Å². The predicted molar refractivity (Wildman–Crippen MR) is 114 cm³/mol. The van der Waals surface area contributed by atoms with Crippen molar-refractivity contribution < 1.29 is 8.81 Å². The number of furan rings is 1. The van der Waals surface area contributed by atoms with E-state index in [0.717, 1.165) is 5.69 Å². The van der Waals surface area contributed by atoms with Crippen LogP contribution in [0.3, 0.4) is 0 Å². The van der Waals surface area contributed by atoms with Gasteiger partial charge < -0.3 is 14.6 Å². The first-order valence-electron chi connectivity index (χ1n) is 9.00. The fourth-order valence-electron chi connectivity index (χ4n) is 3.57. The van der Waals surface area contributed by atoms with Gasteiger partial charge in [0.2, 0.25) is 0 Å². The Hall–Kier alpha value is -2.25. The number of nitrogens with one attached hydrogen (secondary N) is 1. The topological polar surface area (TPSA) is 41.3 Å². The molecule has 2 aromatic heterocycles. The lowest BCUT2D eigenvalue weighted by molar-refractivity contribution is 0.237. The molecule has 1 aliphatic heterocycles. The number of thiocarbonyl (C=S) groups is 1. The highest BCUT2D eigenvalue weighted by Crippen LogP contribution is 2.41. The maximum atomic E-state index is 14.4. The first-order valence-corrected chi connectivity index (χ1v) is 10.2. The Labute approximate surface area is 176 Å². The van der Waals surface area contributed by atoms with E-state index in [0.29, 0.717) is 26.7 Å². The van der Waals surface area contributed by atoms with Crippen LogP contribution in [-0.2, 0) is 0 Å². The molecule has 0 radical (unpaired) electrons. The lowest BCUT2D eigenvalue weighted by Crippen LogP contribution is -2.35. The molecule has 7 heteroatoms. The van der Waals surface area contributed by atoms with E-state index in [-0.39, 0.29) is 23.9 Å². The maximum absolute atomic E-state index is 14.4. The summed E-state index contributed by atoms with van der Waals surface area (Å²) in [4.78, 5) is 6.60. The zero-order valence-electron chi connectivity index (χ0n) is 15.4. The first-order chi connectivity index (χ1) is 13.5. The summed E-state index contributed by atoms with van der Waals surface area (Å²) in [7, 11) is 0. The van der Waals surface area contributed by atoms with Gasteiger partial charge in [-0.1, -0.05) is 22.0 Å². The van der Waals surface area contributed by atoms with Crippen LogP contribution in [0.25, 0.3) is 11.3 Å². The molecule has 1 aromatic carbocycles. The zero-order valence-corrected chi connectivity index (χ0v) is 17.8. The zero-order chi connectivity index (χ0) is 19.8. The summed E-state index contributed by atoms with van der Waals surface area (Å²) in [5, 5.41) is 4.03. The second-order valence-corrected chi connectivity index (χ2v) is 8.26. The van der Waals surface area contributed by atoms with Gasteiger partial charge in [-0.2, -0.15) is 0 Å². The predicted octanol–water partition coefficient (Wildman–Crippen LogP) is 5.62. The number of benzene rings is 1. The molecule has 1 saturated heterocycles. The van der Waals surface area contributed by atoms with Crippen LogP contribution < -0.4 is 5.32 Å². The standard InChI is InChI=1S/C21H19BrFN3OS/c1-12(2)26-20(19(25-21(26)28)16-5-3-4-10-24-16)18-9-8-17(27-18)14-7-6-13(22)11-15(14)23/h3-12,19-20H,1-2H3,(H,25,28)/t19-,20+/m1/s1.